The lowest BCUT2D eigenvalue weighted by molar-refractivity contribution is 0.0914. The van der Waals surface area contributed by atoms with Gasteiger partial charge >= 0.3 is 0 Å². The highest BCUT2D eigenvalue weighted by Crippen LogP contribution is 2.25. The van der Waals surface area contributed by atoms with Crippen LogP contribution in [-0.2, 0) is 0 Å². The summed E-state index contributed by atoms with van der Waals surface area (Å²) in [6, 6.07) is 13.7. The van der Waals surface area contributed by atoms with E-state index in [0.29, 0.717) is 22.3 Å². The molecule has 1 aromatic heterocycles. The van der Waals surface area contributed by atoms with Gasteiger partial charge in [0.2, 0.25) is 11.7 Å². The Bertz CT molecular complexity index is 922. The maximum atomic E-state index is 12.6. The largest absolute Gasteiger partial charge is 0.497 e. The first-order valence-electron chi connectivity index (χ1n) is 8.52. The third-order valence-corrected chi connectivity index (χ3v) is 4.33. The normalized spacial score (nSPS) is 12.0. The van der Waals surface area contributed by atoms with Crippen molar-refractivity contribution in [3.8, 4) is 17.1 Å². The zero-order valence-corrected chi connectivity index (χ0v) is 16.0. The summed E-state index contributed by atoms with van der Waals surface area (Å²) in [6.45, 7) is 3.94. The van der Waals surface area contributed by atoms with Crippen molar-refractivity contribution in [3.63, 3.8) is 0 Å². The third kappa shape index (κ3) is 4.46. The number of rotatable bonds is 6. The van der Waals surface area contributed by atoms with Crippen LogP contribution in [0.5, 0.6) is 5.75 Å². The third-order valence-electron chi connectivity index (χ3n) is 4.10. The van der Waals surface area contributed by atoms with E-state index in [1.807, 2.05) is 38.1 Å². The first kappa shape index (κ1) is 18.9. The lowest BCUT2D eigenvalue weighted by atomic mass is 10.0. The number of aromatic nitrogens is 2. The Kier molecular flexibility index (Phi) is 5.76. The summed E-state index contributed by atoms with van der Waals surface area (Å²) in [7, 11) is 1.61. The Morgan fingerprint density at radius 2 is 1.93 bits per heavy atom. The summed E-state index contributed by atoms with van der Waals surface area (Å²) >= 11 is 5.97. The molecule has 0 spiro atoms. The van der Waals surface area contributed by atoms with Gasteiger partial charge in [0, 0.05) is 16.1 Å². The van der Waals surface area contributed by atoms with Crippen LogP contribution in [0.3, 0.4) is 0 Å². The molecule has 3 aromatic rings. The fourth-order valence-corrected chi connectivity index (χ4v) is 2.78. The van der Waals surface area contributed by atoms with Gasteiger partial charge in [-0.3, -0.25) is 4.79 Å². The minimum Gasteiger partial charge on any atom is -0.497 e. The highest BCUT2D eigenvalue weighted by molar-refractivity contribution is 6.30. The van der Waals surface area contributed by atoms with Crippen LogP contribution in [0.25, 0.3) is 11.4 Å². The van der Waals surface area contributed by atoms with Crippen LogP contribution in [0.2, 0.25) is 5.02 Å². The van der Waals surface area contributed by atoms with Crippen molar-refractivity contribution in [2.75, 3.05) is 7.11 Å². The van der Waals surface area contributed by atoms with Crippen molar-refractivity contribution in [2.24, 2.45) is 5.92 Å². The Hall–Kier alpha value is -2.86. The summed E-state index contributed by atoms with van der Waals surface area (Å²) in [5.41, 5.74) is 1.28. The molecule has 0 unspecified atom stereocenters. The number of amides is 1. The van der Waals surface area contributed by atoms with E-state index in [1.165, 1.54) is 0 Å². The van der Waals surface area contributed by atoms with E-state index >= 15 is 0 Å². The van der Waals surface area contributed by atoms with Crippen LogP contribution in [-0.4, -0.2) is 23.2 Å². The molecule has 0 aliphatic heterocycles. The molecule has 1 N–H and O–H groups in total. The van der Waals surface area contributed by atoms with Crippen LogP contribution in [0.1, 0.15) is 36.1 Å². The molecule has 140 valence electrons. The fourth-order valence-electron chi connectivity index (χ4n) is 2.59. The van der Waals surface area contributed by atoms with Gasteiger partial charge in [-0.15, -0.1) is 0 Å². The van der Waals surface area contributed by atoms with E-state index in [2.05, 4.69) is 15.5 Å². The molecule has 1 heterocycles. The number of carbonyl (C=O) groups excluding carboxylic acids is 1. The minimum absolute atomic E-state index is 0.0531. The summed E-state index contributed by atoms with van der Waals surface area (Å²) in [5, 5.41) is 7.49. The Balaban J connectivity index is 1.81. The Morgan fingerprint density at radius 3 is 2.56 bits per heavy atom. The van der Waals surface area contributed by atoms with Crippen LogP contribution in [0.4, 0.5) is 0 Å². The van der Waals surface area contributed by atoms with Gasteiger partial charge in [-0.1, -0.05) is 36.7 Å². The molecule has 0 fully saturated rings. The second kappa shape index (κ2) is 8.22. The van der Waals surface area contributed by atoms with Gasteiger partial charge in [0.1, 0.15) is 11.8 Å². The second-order valence-corrected chi connectivity index (χ2v) is 6.83. The predicted octanol–water partition coefficient (Wildman–Crippen LogP) is 4.53. The zero-order chi connectivity index (χ0) is 19.4. The highest BCUT2D eigenvalue weighted by Gasteiger charge is 2.25. The van der Waals surface area contributed by atoms with Gasteiger partial charge in [0.15, 0.2) is 0 Å². The minimum atomic E-state index is -0.420. The summed E-state index contributed by atoms with van der Waals surface area (Å²) < 4.78 is 10.6. The average molecular weight is 386 g/mol. The number of halogens is 1. The van der Waals surface area contributed by atoms with Gasteiger partial charge < -0.3 is 14.6 Å². The van der Waals surface area contributed by atoms with Gasteiger partial charge in [-0.25, -0.2) is 0 Å². The maximum Gasteiger partial charge on any atom is 0.251 e. The van der Waals surface area contributed by atoms with E-state index in [4.69, 9.17) is 20.9 Å². The van der Waals surface area contributed by atoms with Crippen molar-refractivity contribution in [1.82, 2.24) is 15.5 Å². The Morgan fingerprint density at radius 1 is 1.19 bits per heavy atom. The monoisotopic (exact) mass is 385 g/mol. The fraction of sp³-hybridized carbons (Fsp3) is 0.250. The van der Waals surface area contributed by atoms with E-state index in [9.17, 15) is 4.79 Å². The Labute approximate surface area is 162 Å². The number of hydrogen-bond acceptors (Lipinski definition) is 5. The topological polar surface area (TPSA) is 77.3 Å². The number of methoxy groups -OCH3 is 1. The van der Waals surface area contributed by atoms with Crippen molar-refractivity contribution in [3.05, 3.63) is 65.0 Å². The van der Waals surface area contributed by atoms with Crippen LogP contribution < -0.4 is 10.1 Å². The van der Waals surface area contributed by atoms with E-state index in [1.54, 1.807) is 31.4 Å². The number of benzene rings is 2. The second-order valence-electron chi connectivity index (χ2n) is 6.39. The van der Waals surface area contributed by atoms with Crippen molar-refractivity contribution in [2.45, 2.75) is 19.9 Å². The molecular formula is C20H20ClN3O3. The molecule has 27 heavy (non-hydrogen) atoms. The predicted molar refractivity (Wildman–Crippen MR) is 103 cm³/mol. The molecule has 0 aliphatic rings. The molecule has 0 radical (unpaired) electrons. The average Bonchev–Trinajstić information content (AvgIpc) is 3.15. The molecule has 7 heteroatoms. The number of carbonyl (C=O) groups is 1. The standard InChI is InChI=1S/C20H20ClN3O3/c1-12(2)17(22-19(25)14-5-4-6-15(21)11-14)20-23-18(24-27-20)13-7-9-16(26-3)10-8-13/h4-12,17H,1-3H3,(H,22,25)/t17-/m1/s1. The molecule has 1 amide bonds. The summed E-state index contributed by atoms with van der Waals surface area (Å²) in [4.78, 5) is 17.0. The lowest BCUT2D eigenvalue weighted by Crippen LogP contribution is -2.32. The van der Waals surface area contributed by atoms with E-state index in [0.717, 1.165) is 11.3 Å². The van der Waals surface area contributed by atoms with Crippen molar-refractivity contribution < 1.29 is 14.1 Å². The molecule has 0 aliphatic carbocycles. The van der Waals surface area contributed by atoms with Gasteiger partial charge in [-0.05, 0) is 48.4 Å². The molecule has 2 aromatic carbocycles. The first-order valence-corrected chi connectivity index (χ1v) is 8.90. The summed E-state index contributed by atoms with van der Waals surface area (Å²) in [5.74, 6) is 1.36. The molecule has 0 saturated heterocycles. The lowest BCUT2D eigenvalue weighted by Gasteiger charge is -2.18. The van der Waals surface area contributed by atoms with E-state index < -0.39 is 6.04 Å². The first-order chi connectivity index (χ1) is 13.0. The quantitative estimate of drug-likeness (QED) is 0.674. The number of nitrogens with one attached hydrogen (secondary N) is 1. The number of nitrogens with zero attached hydrogens (tertiary/aromatic N) is 2. The maximum absolute atomic E-state index is 12.6. The zero-order valence-electron chi connectivity index (χ0n) is 15.3. The molecule has 0 saturated carbocycles. The van der Waals surface area contributed by atoms with Gasteiger partial charge in [-0.2, -0.15) is 4.98 Å². The number of ether oxygens (including phenoxy) is 1. The number of hydrogen-bond donors (Lipinski definition) is 1. The molecule has 1 atom stereocenters. The summed E-state index contributed by atoms with van der Waals surface area (Å²) in [6.07, 6.45) is 0. The molecule has 3 rings (SSSR count). The molecule has 6 nitrogen and oxygen atoms in total. The van der Waals surface area contributed by atoms with Crippen molar-refractivity contribution >= 4 is 17.5 Å². The van der Waals surface area contributed by atoms with Crippen LogP contribution >= 0.6 is 11.6 Å². The van der Waals surface area contributed by atoms with Crippen LogP contribution in [0, 0.1) is 5.92 Å². The SMILES string of the molecule is COc1ccc(-c2noc([C@H](NC(=O)c3cccc(Cl)c3)C(C)C)n2)cc1. The molecular weight excluding hydrogens is 366 g/mol. The van der Waals surface area contributed by atoms with Gasteiger partial charge in [0.25, 0.3) is 5.91 Å². The van der Waals surface area contributed by atoms with Crippen LogP contribution in [0.15, 0.2) is 53.1 Å². The highest BCUT2D eigenvalue weighted by atomic mass is 35.5. The van der Waals surface area contributed by atoms with Gasteiger partial charge in [0.05, 0.1) is 7.11 Å². The van der Waals surface area contributed by atoms with E-state index in [-0.39, 0.29) is 11.8 Å². The van der Waals surface area contributed by atoms with Crippen molar-refractivity contribution in [1.29, 1.82) is 0 Å². The molecule has 0 bridgehead atoms. The smallest absolute Gasteiger partial charge is 0.251 e.